The molecule has 2 N–H and O–H groups in total. The molecule has 25 heavy (non-hydrogen) atoms. The minimum atomic E-state index is -0.250. The number of H-pyrrole nitrogens is 1. The topological polar surface area (TPSA) is 87.0 Å². The Kier molecular flexibility index (Phi) is 6.41. The van der Waals surface area contributed by atoms with Crippen LogP contribution in [0.2, 0.25) is 0 Å². The molecule has 0 radical (unpaired) electrons. The first-order valence-corrected chi connectivity index (χ1v) is 7.55. The molecule has 0 atom stereocenters. The number of carboxylic acid groups (broad SMARTS) is 1. The van der Waals surface area contributed by atoms with Crippen LogP contribution in [-0.4, -0.2) is 43.3 Å². The molecule has 2 heterocycles. The van der Waals surface area contributed by atoms with Crippen LogP contribution in [0.25, 0.3) is 11.3 Å². The summed E-state index contributed by atoms with van der Waals surface area (Å²) >= 11 is 0. The summed E-state index contributed by atoms with van der Waals surface area (Å²) in [5.74, 6) is -0.238. The second-order valence-corrected chi connectivity index (χ2v) is 5.55. The van der Waals surface area contributed by atoms with Crippen molar-refractivity contribution in [1.82, 2.24) is 24.6 Å². The number of nitrogens with zero attached hydrogens (tertiary/aromatic N) is 4. The van der Waals surface area contributed by atoms with Crippen molar-refractivity contribution in [3.05, 3.63) is 60.1 Å². The maximum Gasteiger partial charge on any atom is 0.290 e. The third-order valence-corrected chi connectivity index (χ3v) is 3.64. The number of carbonyl (C=O) groups is 1. The van der Waals surface area contributed by atoms with Crippen LogP contribution < -0.4 is 0 Å². The van der Waals surface area contributed by atoms with Gasteiger partial charge in [-0.25, -0.2) is 9.37 Å². The normalized spacial score (nSPS) is 10.4. The molecule has 8 heteroatoms. The molecule has 132 valence electrons. The zero-order valence-electron chi connectivity index (χ0n) is 14.1. The highest BCUT2D eigenvalue weighted by molar-refractivity contribution is 5.62. The second-order valence-electron chi connectivity index (χ2n) is 5.55. The fourth-order valence-corrected chi connectivity index (χ4v) is 2.46. The Labute approximate surface area is 144 Å². The Hall–Kier alpha value is -3.00. The standard InChI is InChI=1S/C16H18FN5.CH2O2/c1-21(10-15-8-18-11-22(15)2)9-13-7-19-20-16(13)12-3-5-14(17)6-4-12;2-1-3/h3-8,11H,9-10H2,1-2H3,(H,19,20);1H,(H,2,3). The molecule has 0 unspecified atom stereocenters. The van der Waals surface area contributed by atoms with Gasteiger partial charge in [-0.05, 0) is 31.3 Å². The van der Waals surface area contributed by atoms with Gasteiger partial charge < -0.3 is 9.67 Å². The van der Waals surface area contributed by atoms with Gasteiger partial charge >= 0.3 is 0 Å². The quantitative estimate of drug-likeness (QED) is 0.693. The average molecular weight is 345 g/mol. The van der Waals surface area contributed by atoms with Gasteiger partial charge in [0.05, 0.1) is 23.9 Å². The van der Waals surface area contributed by atoms with Crippen molar-refractivity contribution in [3.8, 4) is 11.3 Å². The van der Waals surface area contributed by atoms with Crippen LogP contribution in [0.5, 0.6) is 0 Å². The summed E-state index contributed by atoms with van der Waals surface area (Å²) in [6, 6.07) is 6.43. The molecule has 0 aliphatic carbocycles. The predicted molar refractivity (Wildman–Crippen MR) is 91.1 cm³/mol. The van der Waals surface area contributed by atoms with E-state index in [-0.39, 0.29) is 12.3 Å². The SMILES string of the molecule is CN(Cc1cn[nH]c1-c1ccc(F)cc1)Cc1cncn1C.O=CO. The minimum absolute atomic E-state index is 0.238. The van der Waals surface area contributed by atoms with E-state index in [0.717, 1.165) is 35.6 Å². The molecule has 3 aromatic rings. The molecular weight excluding hydrogens is 325 g/mol. The number of aromatic nitrogens is 4. The fourth-order valence-electron chi connectivity index (χ4n) is 2.46. The first kappa shape index (κ1) is 18.3. The van der Waals surface area contributed by atoms with Crippen LogP contribution in [0, 0.1) is 5.82 Å². The molecule has 0 saturated carbocycles. The summed E-state index contributed by atoms with van der Waals surface area (Å²) in [4.78, 5) is 14.7. The lowest BCUT2D eigenvalue weighted by Crippen LogP contribution is -2.18. The van der Waals surface area contributed by atoms with Gasteiger partial charge in [0.1, 0.15) is 5.82 Å². The largest absolute Gasteiger partial charge is 0.483 e. The molecule has 0 spiro atoms. The number of imidazole rings is 1. The molecule has 2 aromatic heterocycles. The Balaban J connectivity index is 0.000000701. The lowest BCUT2D eigenvalue weighted by atomic mass is 10.1. The van der Waals surface area contributed by atoms with Crippen LogP contribution in [0.15, 0.2) is 43.0 Å². The first-order valence-electron chi connectivity index (χ1n) is 7.55. The number of rotatable bonds is 5. The number of benzene rings is 1. The number of halogens is 1. The molecule has 0 aliphatic heterocycles. The first-order chi connectivity index (χ1) is 12.0. The van der Waals surface area contributed by atoms with Crippen molar-refractivity contribution in [1.29, 1.82) is 0 Å². The summed E-state index contributed by atoms with van der Waals surface area (Å²) < 4.78 is 15.1. The summed E-state index contributed by atoms with van der Waals surface area (Å²) in [5.41, 5.74) is 4.09. The smallest absolute Gasteiger partial charge is 0.290 e. The van der Waals surface area contributed by atoms with Crippen molar-refractivity contribution in [2.75, 3.05) is 7.05 Å². The van der Waals surface area contributed by atoms with Crippen LogP contribution in [0.1, 0.15) is 11.3 Å². The van der Waals surface area contributed by atoms with E-state index in [9.17, 15) is 4.39 Å². The van der Waals surface area contributed by atoms with Crippen LogP contribution in [0.3, 0.4) is 0 Å². The van der Waals surface area contributed by atoms with Crippen molar-refractivity contribution in [2.45, 2.75) is 13.1 Å². The lowest BCUT2D eigenvalue weighted by molar-refractivity contribution is -0.122. The van der Waals surface area contributed by atoms with Gasteiger partial charge in [-0.15, -0.1) is 0 Å². The average Bonchev–Trinajstić information content (AvgIpc) is 3.19. The van der Waals surface area contributed by atoms with Crippen molar-refractivity contribution in [2.24, 2.45) is 7.05 Å². The molecule has 3 rings (SSSR count). The molecular formula is C17H20FN5O2. The van der Waals surface area contributed by atoms with E-state index in [0.29, 0.717) is 0 Å². The Morgan fingerprint density at radius 3 is 2.56 bits per heavy atom. The van der Waals surface area contributed by atoms with Gasteiger partial charge in [-0.2, -0.15) is 5.10 Å². The van der Waals surface area contributed by atoms with Crippen molar-refractivity contribution < 1.29 is 14.3 Å². The van der Waals surface area contributed by atoms with E-state index in [1.807, 2.05) is 24.0 Å². The summed E-state index contributed by atoms with van der Waals surface area (Å²) in [6.07, 6.45) is 5.48. The van der Waals surface area contributed by atoms with Gasteiger partial charge in [0, 0.05) is 37.5 Å². The van der Waals surface area contributed by atoms with E-state index in [1.54, 1.807) is 18.5 Å². The summed E-state index contributed by atoms with van der Waals surface area (Å²) in [7, 11) is 4.03. The Morgan fingerprint density at radius 2 is 1.96 bits per heavy atom. The maximum absolute atomic E-state index is 13.0. The highest BCUT2D eigenvalue weighted by atomic mass is 19.1. The number of aromatic amines is 1. The zero-order valence-corrected chi connectivity index (χ0v) is 14.1. The van der Waals surface area contributed by atoms with Gasteiger partial charge in [0.15, 0.2) is 0 Å². The highest BCUT2D eigenvalue weighted by Crippen LogP contribution is 2.22. The zero-order chi connectivity index (χ0) is 18.2. The monoisotopic (exact) mass is 345 g/mol. The molecule has 1 aromatic carbocycles. The van der Waals surface area contributed by atoms with E-state index >= 15 is 0 Å². The third-order valence-electron chi connectivity index (χ3n) is 3.64. The summed E-state index contributed by atoms with van der Waals surface area (Å²) in [5, 5.41) is 14.0. The van der Waals surface area contributed by atoms with Crippen LogP contribution >= 0.6 is 0 Å². The third kappa shape index (κ3) is 4.98. The second kappa shape index (κ2) is 8.74. The molecule has 0 saturated heterocycles. The van der Waals surface area contributed by atoms with Gasteiger partial charge in [-0.3, -0.25) is 14.8 Å². The molecule has 0 fully saturated rings. The number of hydrogen-bond donors (Lipinski definition) is 2. The number of nitrogens with one attached hydrogen (secondary N) is 1. The fraction of sp³-hybridized carbons (Fsp3) is 0.235. The van der Waals surface area contributed by atoms with E-state index in [4.69, 9.17) is 9.90 Å². The van der Waals surface area contributed by atoms with Crippen LogP contribution in [-0.2, 0) is 24.9 Å². The van der Waals surface area contributed by atoms with Gasteiger partial charge in [0.25, 0.3) is 6.47 Å². The minimum Gasteiger partial charge on any atom is -0.483 e. The van der Waals surface area contributed by atoms with Gasteiger partial charge in [-0.1, -0.05) is 0 Å². The van der Waals surface area contributed by atoms with E-state index in [2.05, 4.69) is 27.1 Å². The highest BCUT2D eigenvalue weighted by Gasteiger charge is 2.11. The Morgan fingerprint density at radius 1 is 1.28 bits per heavy atom. The van der Waals surface area contributed by atoms with E-state index < -0.39 is 0 Å². The number of hydrogen-bond acceptors (Lipinski definition) is 4. The lowest BCUT2D eigenvalue weighted by Gasteiger charge is -2.16. The van der Waals surface area contributed by atoms with E-state index in [1.165, 1.54) is 12.1 Å². The molecule has 0 bridgehead atoms. The molecule has 0 amide bonds. The van der Waals surface area contributed by atoms with Gasteiger partial charge in [0.2, 0.25) is 0 Å². The molecule has 7 nitrogen and oxygen atoms in total. The predicted octanol–water partition coefficient (Wildman–Crippen LogP) is 2.28. The Bertz CT molecular complexity index is 797. The molecule has 0 aliphatic rings. The number of aryl methyl sites for hydroxylation is 1. The van der Waals surface area contributed by atoms with Crippen molar-refractivity contribution >= 4 is 6.47 Å². The summed E-state index contributed by atoms with van der Waals surface area (Å²) in [6.45, 7) is 1.29. The maximum atomic E-state index is 13.0. The van der Waals surface area contributed by atoms with Crippen LogP contribution in [0.4, 0.5) is 4.39 Å². The van der Waals surface area contributed by atoms with Crippen molar-refractivity contribution in [3.63, 3.8) is 0 Å².